The molecule has 0 aliphatic carbocycles. The molecule has 2 aromatic rings. The van der Waals surface area contributed by atoms with Crippen LogP contribution >= 0.6 is 23.2 Å². The van der Waals surface area contributed by atoms with Crippen molar-refractivity contribution in [1.29, 1.82) is 0 Å². The van der Waals surface area contributed by atoms with Gasteiger partial charge in [-0.3, -0.25) is 4.72 Å². The Labute approximate surface area is 151 Å². The van der Waals surface area contributed by atoms with Crippen molar-refractivity contribution in [1.82, 2.24) is 9.97 Å². The summed E-state index contributed by atoms with van der Waals surface area (Å²) in [5, 5.41) is 0.248. The summed E-state index contributed by atoms with van der Waals surface area (Å²) in [7, 11) is -4.11. The summed E-state index contributed by atoms with van der Waals surface area (Å²) in [6.07, 6.45) is -3.67. The second kappa shape index (κ2) is 7.22. The number of hydrogen-bond donors (Lipinski definition) is 1. The van der Waals surface area contributed by atoms with Crippen molar-refractivity contribution in [3.63, 3.8) is 0 Å². The minimum Gasteiger partial charge on any atom is -0.468 e. The third-order valence-electron chi connectivity index (χ3n) is 2.74. The van der Waals surface area contributed by atoms with Crippen molar-refractivity contribution < 1.29 is 26.3 Å². The normalized spacial score (nSPS) is 12.1. The molecule has 0 unspecified atom stereocenters. The second-order valence-corrected chi connectivity index (χ2v) is 7.22. The molecule has 0 bridgehead atoms. The highest BCUT2D eigenvalue weighted by atomic mass is 35.5. The van der Waals surface area contributed by atoms with E-state index in [9.17, 15) is 21.6 Å². The Morgan fingerprint density at radius 1 is 1.24 bits per heavy atom. The molecule has 0 aliphatic heterocycles. The van der Waals surface area contributed by atoms with Crippen molar-refractivity contribution in [3.8, 4) is 5.88 Å². The highest BCUT2D eigenvalue weighted by Crippen LogP contribution is 2.27. The maximum atomic E-state index is 12.3. The third kappa shape index (κ3) is 5.35. The minimum absolute atomic E-state index is 0.0164. The van der Waals surface area contributed by atoms with Gasteiger partial charge in [-0.05, 0) is 19.1 Å². The average molecular weight is 416 g/mol. The van der Waals surface area contributed by atoms with E-state index < -0.39 is 22.8 Å². The second-order valence-electron chi connectivity index (χ2n) is 4.73. The highest BCUT2D eigenvalue weighted by Gasteiger charge is 2.28. The van der Waals surface area contributed by atoms with Crippen LogP contribution in [0.3, 0.4) is 0 Å². The Balaban J connectivity index is 2.18. The molecular formula is C13H10Cl2F3N3O3S. The lowest BCUT2D eigenvalue weighted by Gasteiger charge is -2.11. The average Bonchev–Trinajstić information content (AvgIpc) is 2.50. The summed E-state index contributed by atoms with van der Waals surface area (Å²) in [5.41, 5.74) is 0.359. The Kier molecular flexibility index (Phi) is 5.65. The highest BCUT2D eigenvalue weighted by molar-refractivity contribution is 7.92. The Morgan fingerprint density at radius 3 is 2.48 bits per heavy atom. The van der Waals surface area contributed by atoms with Gasteiger partial charge in [0.05, 0.1) is 21.9 Å². The van der Waals surface area contributed by atoms with Gasteiger partial charge in [0, 0.05) is 6.07 Å². The monoisotopic (exact) mass is 415 g/mol. The number of halogens is 5. The molecule has 0 aromatic carbocycles. The molecule has 0 saturated carbocycles. The number of nitrogens with one attached hydrogen (secondary N) is 1. The topological polar surface area (TPSA) is 81.2 Å². The quantitative estimate of drug-likeness (QED) is 0.802. The van der Waals surface area contributed by atoms with Crippen LogP contribution in [0.25, 0.3) is 0 Å². The van der Waals surface area contributed by atoms with Gasteiger partial charge in [0.25, 0.3) is 10.0 Å². The van der Waals surface area contributed by atoms with Crippen LogP contribution in [0.1, 0.15) is 5.69 Å². The largest absolute Gasteiger partial charge is 0.468 e. The third-order valence-corrected chi connectivity index (χ3v) is 4.73. The fourth-order valence-corrected chi connectivity index (χ4v) is 3.01. The first-order valence-corrected chi connectivity index (χ1v) is 8.73. The predicted octanol–water partition coefficient (Wildman–Crippen LogP) is 3.83. The van der Waals surface area contributed by atoms with Crippen LogP contribution in [-0.4, -0.2) is 31.2 Å². The number of aryl methyl sites for hydroxylation is 1. The fraction of sp³-hybridized carbons (Fsp3) is 0.231. The van der Waals surface area contributed by atoms with Gasteiger partial charge in [0.1, 0.15) is 4.90 Å². The van der Waals surface area contributed by atoms with Crippen molar-refractivity contribution in [2.75, 3.05) is 11.3 Å². The maximum Gasteiger partial charge on any atom is 0.422 e. The van der Waals surface area contributed by atoms with Gasteiger partial charge in [-0.2, -0.15) is 13.2 Å². The number of alkyl halides is 3. The van der Waals surface area contributed by atoms with Gasteiger partial charge in [0.15, 0.2) is 12.4 Å². The zero-order chi connectivity index (χ0) is 18.8. The van der Waals surface area contributed by atoms with E-state index in [1.54, 1.807) is 6.92 Å². The SMILES string of the molecule is Cc1nc(NS(=O)(=O)c2ccc(OCC(F)(F)F)nc2)c(Cl)cc1Cl. The zero-order valence-corrected chi connectivity index (χ0v) is 14.8. The van der Waals surface area contributed by atoms with Crippen LogP contribution in [-0.2, 0) is 10.0 Å². The van der Waals surface area contributed by atoms with E-state index in [2.05, 4.69) is 19.4 Å². The molecule has 2 rings (SSSR count). The lowest BCUT2D eigenvalue weighted by atomic mass is 10.4. The molecular weight excluding hydrogens is 406 g/mol. The number of rotatable bonds is 5. The lowest BCUT2D eigenvalue weighted by molar-refractivity contribution is -0.154. The standard InChI is InChI=1S/C13H10Cl2F3N3O3S/c1-7-9(14)4-10(15)12(20-7)21-25(22,23)8-2-3-11(19-5-8)24-6-13(16,17)18/h2-5H,6H2,1H3,(H,20,21). The van der Waals surface area contributed by atoms with Gasteiger partial charge < -0.3 is 4.74 Å². The van der Waals surface area contributed by atoms with E-state index in [-0.39, 0.29) is 26.6 Å². The van der Waals surface area contributed by atoms with E-state index in [0.717, 1.165) is 18.3 Å². The molecule has 1 N–H and O–H groups in total. The molecule has 6 nitrogen and oxygen atoms in total. The zero-order valence-electron chi connectivity index (χ0n) is 12.4. The summed E-state index contributed by atoms with van der Waals surface area (Å²) >= 11 is 11.7. The van der Waals surface area contributed by atoms with E-state index in [0.29, 0.717) is 5.69 Å². The molecule has 0 fully saturated rings. The summed E-state index contributed by atoms with van der Waals surface area (Å²) in [6.45, 7) is 0.0265. The smallest absolute Gasteiger partial charge is 0.422 e. The van der Waals surface area contributed by atoms with E-state index in [1.807, 2.05) is 0 Å². The first-order valence-electron chi connectivity index (χ1n) is 6.49. The summed E-state index contributed by atoms with van der Waals surface area (Å²) in [5.74, 6) is -0.504. The van der Waals surface area contributed by atoms with Crippen LogP contribution in [0.4, 0.5) is 19.0 Å². The first kappa shape index (κ1) is 19.5. The Hall–Kier alpha value is -1.78. The van der Waals surface area contributed by atoms with Crippen LogP contribution in [0.15, 0.2) is 29.3 Å². The van der Waals surface area contributed by atoms with E-state index in [1.165, 1.54) is 6.07 Å². The first-order chi connectivity index (χ1) is 11.5. The number of pyridine rings is 2. The van der Waals surface area contributed by atoms with Crippen LogP contribution in [0.5, 0.6) is 5.88 Å². The molecule has 136 valence electrons. The maximum absolute atomic E-state index is 12.3. The minimum atomic E-state index is -4.52. The molecule has 0 aliphatic rings. The molecule has 0 amide bonds. The Morgan fingerprint density at radius 2 is 1.92 bits per heavy atom. The molecule has 25 heavy (non-hydrogen) atoms. The van der Waals surface area contributed by atoms with Gasteiger partial charge >= 0.3 is 6.18 Å². The molecule has 0 spiro atoms. The van der Waals surface area contributed by atoms with Crippen LogP contribution in [0, 0.1) is 6.92 Å². The molecule has 0 atom stereocenters. The number of aromatic nitrogens is 2. The van der Waals surface area contributed by atoms with Crippen LogP contribution in [0.2, 0.25) is 10.0 Å². The number of anilines is 1. The van der Waals surface area contributed by atoms with Crippen molar-refractivity contribution in [3.05, 3.63) is 40.1 Å². The number of nitrogens with zero attached hydrogens (tertiary/aromatic N) is 2. The number of hydrogen-bond acceptors (Lipinski definition) is 5. The summed E-state index contributed by atoms with van der Waals surface area (Å²) in [6, 6.07) is 3.37. The fourth-order valence-electron chi connectivity index (χ4n) is 1.58. The molecule has 0 radical (unpaired) electrons. The summed E-state index contributed by atoms with van der Waals surface area (Å²) in [4.78, 5) is 7.15. The number of sulfonamides is 1. The van der Waals surface area contributed by atoms with Crippen LogP contribution < -0.4 is 9.46 Å². The van der Waals surface area contributed by atoms with Crippen molar-refractivity contribution in [2.24, 2.45) is 0 Å². The number of ether oxygens (including phenoxy) is 1. The van der Waals surface area contributed by atoms with Crippen molar-refractivity contribution >= 4 is 39.0 Å². The lowest BCUT2D eigenvalue weighted by Crippen LogP contribution is -2.20. The molecule has 2 aromatic heterocycles. The van der Waals surface area contributed by atoms with E-state index >= 15 is 0 Å². The van der Waals surface area contributed by atoms with Gasteiger partial charge in [-0.15, -0.1) is 0 Å². The summed E-state index contributed by atoms with van der Waals surface area (Å²) < 4.78 is 67.3. The van der Waals surface area contributed by atoms with E-state index in [4.69, 9.17) is 23.2 Å². The van der Waals surface area contributed by atoms with Gasteiger partial charge in [-0.1, -0.05) is 23.2 Å². The molecule has 12 heteroatoms. The molecule has 0 saturated heterocycles. The molecule has 2 heterocycles. The van der Waals surface area contributed by atoms with Gasteiger partial charge in [-0.25, -0.2) is 18.4 Å². The van der Waals surface area contributed by atoms with Crippen molar-refractivity contribution in [2.45, 2.75) is 18.0 Å². The Bertz CT molecular complexity index is 875. The van der Waals surface area contributed by atoms with Gasteiger partial charge in [0.2, 0.25) is 5.88 Å². The predicted molar refractivity (Wildman–Crippen MR) is 85.6 cm³/mol.